The van der Waals surface area contributed by atoms with Crippen molar-refractivity contribution in [1.29, 1.82) is 0 Å². The SMILES string of the molecule is CCCCSSCC(N)=O. The minimum Gasteiger partial charge on any atom is -0.369 e. The minimum atomic E-state index is -0.228. The van der Waals surface area contributed by atoms with E-state index < -0.39 is 0 Å². The van der Waals surface area contributed by atoms with Crippen LogP contribution in [0.1, 0.15) is 19.8 Å². The molecule has 0 aliphatic rings. The van der Waals surface area contributed by atoms with Gasteiger partial charge in [0.2, 0.25) is 5.91 Å². The minimum absolute atomic E-state index is 0.228. The number of hydrogen-bond acceptors (Lipinski definition) is 3. The van der Waals surface area contributed by atoms with Crippen LogP contribution in [0.2, 0.25) is 0 Å². The van der Waals surface area contributed by atoms with Crippen molar-refractivity contribution in [2.24, 2.45) is 5.73 Å². The third kappa shape index (κ3) is 8.17. The van der Waals surface area contributed by atoms with Crippen molar-refractivity contribution in [2.75, 3.05) is 11.5 Å². The summed E-state index contributed by atoms with van der Waals surface area (Å²) in [6.45, 7) is 2.15. The maximum atomic E-state index is 10.2. The molecule has 60 valence electrons. The largest absolute Gasteiger partial charge is 0.369 e. The fourth-order valence-corrected chi connectivity index (χ4v) is 2.39. The van der Waals surface area contributed by atoms with Crippen molar-refractivity contribution in [3.05, 3.63) is 0 Å². The molecule has 0 bridgehead atoms. The summed E-state index contributed by atoms with van der Waals surface area (Å²) < 4.78 is 0. The molecule has 0 heterocycles. The van der Waals surface area contributed by atoms with Crippen LogP contribution < -0.4 is 5.73 Å². The zero-order chi connectivity index (χ0) is 7.82. The van der Waals surface area contributed by atoms with Crippen LogP contribution in [0.4, 0.5) is 0 Å². The molecule has 4 heteroatoms. The third-order valence-corrected chi connectivity index (χ3v) is 3.24. The standard InChI is InChI=1S/C6H13NOS2/c1-2-3-4-9-10-5-6(7)8/h2-5H2,1H3,(H2,7,8). The summed E-state index contributed by atoms with van der Waals surface area (Å²) in [6, 6.07) is 0. The highest BCUT2D eigenvalue weighted by molar-refractivity contribution is 8.76. The van der Waals surface area contributed by atoms with E-state index in [4.69, 9.17) is 5.73 Å². The van der Waals surface area contributed by atoms with E-state index in [-0.39, 0.29) is 5.91 Å². The molecular formula is C6H13NOS2. The first kappa shape index (κ1) is 10.2. The number of rotatable bonds is 6. The zero-order valence-corrected chi connectivity index (χ0v) is 7.76. The number of carbonyl (C=O) groups excluding carboxylic acids is 1. The van der Waals surface area contributed by atoms with Crippen LogP contribution >= 0.6 is 21.6 Å². The molecule has 0 fully saturated rings. The van der Waals surface area contributed by atoms with Crippen molar-refractivity contribution in [3.8, 4) is 0 Å². The van der Waals surface area contributed by atoms with E-state index in [1.165, 1.54) is 12.8 Å². The predicted octanol–water partition coefficient (Wildman–Crippen LogP) is 1.65. The number of unbranched alkanes of at least 4 members (excludes halogenated alkanes) is 1. The molecule has 0 aromatic rings. The molecule has 2 nitrogen and oxygen atoms in total. The number of amides is 1. The fourth-order valence-electron chi connectivity index (χ4n) is 0.362. The van der Waals surface area contributed by atoms with Crippen LogP contribution in [0.15, 0.2) is 0 Å². The van der Waals surface area contributed by atoms with Gasteiger partial charge in [-0.25, -0.2) is 0 Å². The molecule has 0 aliphatic heterocycles. The van der Waals surface area contributed by atoms with Gasteiger partial charge in [0.1, 0.15) is 0 Å². The lowest BCUT2D eigenvalue weighted by atomic mass is 10.4. The van der Waals surface area contributed by atoms with Gasteiger partial charge in [-0.05, 0) is 6.42 Å². The van der Waals surface area contributed by atoms with Gasteiger partial charge in [-0.2, -0.15) is 0 Å². The highest BCUT2D eigenvalue weighted by Crippen LogP contribution is 2.21. The average molecular weight is 179 g/mol. The number of hydrogen-bond donors (Lipinski definition) is 1. The van der Waals surface area contributed by atoms with Crippen molar-refractivity contribution in [2.45, 2.75) is 19.8 Å². The lowest BCUT2D eigenvalue weighted by Crippen LogP contribution is -2.12. The molecule has 1 amide bonds. The Hall–Kier alpha value is 0.170. The molecule has 0 spiro atoms. The molecular weight excluding hydrogens is 166 g/mol. The summed E-state index contributed by atoms with van der Waals surface area (Å²) in [5.74, 6) is 1.33. The fraction of sp³-hybridized carbons (Fsp3) is 0.833. The molecule has 0 saturated heterocycles. The monoisotopic (exact) mass is 179 g/mol. The van der Waals surface area contributed by atoms with Gasteiger partial charge in [0, 0.05) is 5.75 Å². The van der Waals surface area contributed by atoms with Crippen LogP contribution in [0.3, 0.4) is 0 Å². The van der Waals surface area contributed by atoms with E-state index in [2.05, 4.69) is 6.92 Å². The van der Waals surface area contributed by atoms with Gasteiger partial charge in [-0.15, -0.1) is 0 Å². The van der Waals surface area contributed by atoms with Gasteiger partial charge in [0.15, 0.2) is 0 Å². The molecule has 0 aliphatic carbocycles. The Balaban J connectivity index is 2.84. The topological polar surface area (TPSA) is 43.1 Å². The van der Waals surface area contributed by atoms with Crippen molar-refractivity contribution in [3.63, 3.8) is 0 Å². The first-order valence-electron chi connectivity index (χ1n) is 3.30. The van der Waals surface area contributed by atoms with Gasteiger partial charge in [-0.3, -0.25) is 4.79 Å². The highest BCUT2D eigenvalue weighted by Gasteiger charge is 1.93. The van der Waals surface area contributed by atoms with Crippen molar-refractivity contribution >= 4 is 27.5 Å². The Kier molecular flexibility index (Phi) is 7.40. The molecule has 0 saturated carbocycles. The van der Waals surface area contributed by atoms with Crippen molar-refractivity contribution < 1.29 is 4.79 Å². The number of carbonyl (C=O) groups is 1. The van der Waals surface area contributed by atoms with E-state index >= 15 is 0 Å². The summed E-state index contributed by atoms with van der Waals surface area (Å²) in [5, 5.41) is 0. The van der Waals surface area contributed by atoms with Crippen molar-refractivity contribution in [1.82, 2.24) is 0 Å². The summed E-state index contributed by atoms with van der Waals surface area (Å²) in [5.41, 5.74) is 4.93. The van der Waals surface area contributed by atoms with E-state index in [9.17, 15) is 4.79 Å². The molecule has 0 atom stereocenters. The predicted molar refractivity (Wildman–Crippen MR) is 49.0 cm³/mol. The summed E-state index contributed by atoms with van der Waals surface area (Å²) in [6.07, 6.45) is 2.43. The maximum absolute atomic E-state index is 10.2. The number of primary amides is 1. The zero-order valence-electron chi connectivity index (χ0n) is 6.13. The van der Waals surface area contributed by atoms with Crippen LogP contribution in [0, 0.1) is 0 Å². The van der Waals surface area contributed by atoms with Crippen LogP contribution in [0.25, 0.3) is 0 Å². The molecule has 2 N–H and O–H groups in total. The molecule has 0 rings (SSSR count). The second-order valence-corrected chi connectivity index (χ2v) is 4.49. The van der Waals surface area contributed by atoms with Gasteiger partial charge >= 0.3 is 0 Å². The summed E-state index contributed by atoms with van der Waals surface area (Å²) in [4.78, 5) is 10.2. The Labute approximate surface area is 69.7 Å². The Morgan fingerprint density at radius 2 is 2.20 bits per heavy atom. The second kappa shape index (κ2) is 7.28. The van der Waals surface area contributed by atoms with Crippen LogP contribution in [0.5, 0.6) is 0 Å². The Bertz CT molecular complexity index is 97.7. The van der Waals surface area contributed by atoms with E-state index in [1.807, 2.05) is 0 Å². The smallest absolute Gasteiger partial charge is 0.228 e. The van der Waals surface area contributed by atoms with Gasteiger partial charge < -0.3 is 5.73 Å². The normalized spacial score (nSPS) is 9.70. The molecule has 0 aromatic heterocycles. The quantitative estimate of drug-likeness (QED) is 0.498. The average Bonchev–Trinajstić information content (AvgIpc) is 1.87. The van der Waals surface area contributed by atoms with E-state index in [0.717, 1.165) is 5.75 Å². The second-order valence-electron chi connectivity index (χ2n) is 1.90. The summed E-state index contributed by atoms with van der Waals surface area (Å²) in [7, 11) is 3.27. The van der Waals surface area contributed by atoms with Crippen LogP contribution in [-0.4, -0.2) is 17.4 Å². The van der Waals surface area contributed by atoms with Gasteiger partial charge in [-0.1, -0.05) is 34.9 Å². The molecule has 0 unspecified atom stereocenters. The first-order valence-corrected chi connectivity index (χ1v) is 5.79. The molecule has 10 heavy (non-hydrogen) atoms. The third-order valence-electron chi connectivity index (χ3n) is 0.866. The Morgan fingerprint density at radius 3 is 2.70 bits per heavy atom. The summed E-state index contributed by atoms with van der Waals surface area (Å²) >= 11 is 0. The van der Waals surface area contributed by atoms with Gasteiger partial charge in [0.25, 0.3) is 0 Å². The van der Waals surface area contributed by atoms with Gasteiger partial charge in [0.05, 0.1) is 5.75 Å². The Morgan fingerprint density at radius 1 is 1.50 bits per heavy atom. The lowest BCUT2D eigenvalue weighted by molar-refractivity contribution is -0.115. The first-order chi connectivity index (χ1) is 4.77. The van der Waals surface area contributed by atoms with Crippen LogP contribution in [-0.2, 0) is 4.79 Å². The molecule has 0 radical (unpaired) electrons. The lowest BCUT2D eigenvalue weighted by Gasteiger charge is -1.95. The van der Waals surface area contributed by atoms with E-state index in [0.29, 0.717) is 5.75 Å². The maximum Gasteiger partial charge on any atom is 0.228 e. The van der Waals surface area contributed by atoms with E-state index in [1.54, 1.807) is 21.6 Å². The number of nitrogens with two attached hydrogens (primary N) is 1. The highest BCUT2D eigenvalue weighted by atomic mass is 33.1. The molecule has 0 aromatic carbocycles.